The van der Waals surface area contributed by atoms with Crippen LogP contribution < -0.4 is 4.74 Å². The molecule has 0 amide bonds. The topological polar surface area (TPSA) is 52.4 Å². The zero-order valence-corrected chi connectivity index (χ0v) is 12.1. The van der Waals surface area contributed by atoms with Gasteiger partial charge in [-0.15, -0.1) is 0 Å². The number of nitro benzene ring substituents is 1. The fourth-order valence-corrected chi connectivity index (χ4v) is 2.13. The normalized spacial score (nSPS) is 10.3. The molecule has 0 saturated carbocycles. The van der Waals surface area contributed by atoms with E-state index in [4.69, 9.17) is 27.9 Å². The third-order valence-corrected chi connectivity index (χ3v) is 3.37. The van der Waals surface area contributed by atoms with E-state index in [1.165, 1.54) is 18.2 Å². The molecule has 0 aliphatic rings. The van der Waals surface area contributed by atoms with Crippen molar-refractivity contribution in [3.63, 3.8) is 0 Å². The van der Waals surface area contributed by atoms with Gasteiger partial charge in [-0.3, -0.25) is 10.1 Å². The van der Waals surface area contributed by atoms with Crippen molar-refractivity contribution < 1.29 is 9.66 Å². The van der Waals surface area contributed by atoms with Crippen molar-refractivity contribution in [2.75, 3.05) is 0 Å². The van der Waals surface area contributed by atoms with Crippen LogP contribution >= 0.6 is 23.2 Å². The molecule has 6 heteroatoms. The van der Waals surface area contributed by atoms with Crippen molar-refractivity contribution in [1.82, 2.24) is 0 Å². The summed E-state index contributed by atoms with van der Waals surface area (Å²) >= 11 is 12.0. The molecule has 0 bridgehead atoms. The minimum absolute atomic E-state index is 0.0250. The number of ether oxygens (including phenoxy) is 1. The fraction of sp³-hybridized carbons (Fsp3) is 0.143. The number of nitro groups is 1. The average Bonchev–Trinajstić information content (AvgIpc) is 2.39. The zero-order chi connectivity index (χ0) is 14.7. The molecule has 0 aromatic heterocycles. The number of rotatable bonds is 4. The summed E-state index contributed by atoms with van der Waals surface area (Å²) in [5, 5.41) is 11.6. The minimum atomic E-state index is -0.474. The molecule has 2 aromatic rings. The molecule has 0 radical (unpaired) electrons. The monoisotopic (exact) mass is 311 g/mol. The van der Waals surface area contributed by atoms with E-state index in [2.05, 4.69) is 0 Å². The maximum Gasteiger partial charge on any atom is 0.269 e. The van der Waals surface area contributed by atoms with Gasteiger partial charge < -0.3 is 4.74 Å². The Kier molecular flexibility index (Phi) is 4.47. The molecule has 0 atom stereocenters. The number of non-ortho nitro benzene ring substituents is 1. The summed E-state index contributed by atoms with van der Waals surface area (Å²) in [6.07, 6.45) is 0. The molecule has 2 rings (SSSR count). The van der Waals surface area contributed by atoms with Crippen LogP contribution in [0.15, 0.2) is 36.4 Å². The van der Waals surface area contributed by atoms with Crippen LogP contribution in [0.1, 0.15) is 11.1 Å². The molecule has 0 heterocycles. The SMILES string of the molecule is Cc1ccc(OCc2cc([N+](=O)[O-])ccc2Cl)c(Cl)c1. The summed E-state index contributed by atoms with van der Waals surface area (Å²) in [6.45, 7) is 2.04. The molecule has 0 spiro atoms. The van der Waals surface area contributed by atoms with Crippen LogP contribution in [0.2, 0.25) is 10.0 Å². The van der Waals surface area contributed by atoms with Crippen molar-refractivity contribution in [3.05, 3.63) is 67.7 Å². The number of hydrogen-bond acceptors (Lipinski definition) is 3. The first-order valence-corrected chi connectivity index (χ1v) is 6.55. The Morgan fingerprint density at radius 3 is 2.55 bits per heavy atom. The summed E-state index contributed by atoms with van der Waals surface area (Å²) < 4.78 is 5.55. The second-order valence-electron chi connectivity index (χ2n) is 4.26. The summed E-state index contributed by atoms with van der Waals surface area (Å²) in [6, 6.07) is 9.63. The Morgan fingerprint density at radius 1 is 1.15 bits per heavy atom. The number of aryl methyl sites for hydroxylation is 1. The van der Waals surface area contributed by atoms with Gasteiger partial charge in [-0.2, -0.15) is 0 Å². The first-order valence-electron chi connectivity index (χ1n) is 5.79. The van der Waals surface area contributed by atoms with Gasteiger partial charge in [0.25, 0.3) is 5.69 Å². The summed E-state index contributed by atoms with van der Waals surface area (Å²) in [5.41, 5.74) is 1.54. The highest BCUT2D eigenvalue weighted by Gasteiger charge is 2.11. The number of nitrogens with zero attached hydrogens (tertiary/aromatic N) is 1. The van der Waals surface area contributed by atoms with E-state index in [0.717, 1.165) is 5.56 Å². The van der Waals surface area contributed by atoms with Crippen LogP contribution in [-0.2, 0) is 6.61 Å². The van der Waals surface area contributed by atoms with Gasteiger partial charge in [0.05, 0.1) is 9.95 Å². The molecular formula is C14H11Cl2NO3. The van der Waals surface area contributed by atoms with Gasteiger partial charge in [0.1, 0.15) is 12.4 Å². The van der Waals surface area contributed by atoms with Gasteiger partial charge in [-0.25, -0.2) is 0 Å². The summed E-state index contributed by atoms with van der Waals surface area (Å²) in [7, 11) is 0. The van der Waals surface area contributed by atoms with Gasteiger partial charge in [0.2, 0.25) is 0 Å². The molecule has 0 unspecified atom stereocenters. The third-order valence-electron chi connectivity index (χ3n) is 2.71. The molecule has 104 valence electrons. The second kappa shape index (κ2) is 6.11. The lowest BCUT2D eigenvalue weighted by Gasteiger charge is -2.09. The summed E-state index contributed by atoms with van der Waals surface area (Å²) in [4.78, 5) is 10.3. The van der Waals surface area contributed by atoms with Crippen molar-refractivity contribution >= 4 is 28.9 Å². The zero-order valence-electron chi connectivity index (χ0n) is 10.6. The van der Waals surface area contributed by atoms with Gasteiger partial charge >= 0.3 is 0 Å². The Balaban J connectivity index is 2.18. The first kappa shape index (κ1) is 14.6. The number of benzene rings is 2. The second-order valence-corrected chi connectivity index (χ2v) is 5.07. The first-order chi connectivity index (χ1) is 9.47. The maximum absolute atomic E-state index is 10.7. The van der Waals surface area contributed by atoms with E-state index in [1.807, 2.05) is 13.0 Å². The molecule has 0 saturated heterocycles. The van der Waals surface area contributed by atoms with E-state index in [0.29, 0.717) is 21.4 Å². The van der Waals surface area contributed by atoms with E-state index < -0.39 is 4.92 Å². The predicted molar refractivity (Wildman–Crippen MR) is 78.6 cm³/mol. The van der Waals surface area contributed by atoms with Crippen LogP contribution in [0.25, 0.3) is 0 Å². The average molecular weight is 312 g/mol. The van der Waals surface area contributed by atoms with Gasteiger partial charge in [-0.05, 0) is 30.7 Å². The highest BCUT2D eigenvalue weighted by atomic mass is 35.5. The van der Waals surface area contributed by atoms with E-state index in [9.17, 15) is 10.1 Å². The van der Waals surface area contributed by atoms with Crippen LogP contribution in [0.4, 0.5) is 5.69 Å². The third kappa shape index (κ3) is 3.40. The van der Waals surface area contributed by atoms with Gasteiger partial charge in [0.15, 0.2) is 0 Å². The van der Waals surface area contributed by atoms with Crippen molar-refractivity contribution in [3.8, 4) is 5.75 Å². The van der Waals surface area contributed by atoms with E-state index in [1.54, 1.807) is 12.1 Å². The Bertz CT molecular complexity index is 659. The van der Waals surface area contributed by atoms with Crippen LogP contribution in [-0.4, -0.2) is 4.92 Å². The molecule has 4 nitrogen and oxygen atoms in total. The Labute approximate surface area is 126 Å². The van der Waals surface area contributed by atoms with Crippen molar-refractivity contribution in [2.24, 2.45) is 0 Å². The largest absolute Gasteiger partial charge is 0.487 e. The fourth-order valence-electron chi connectivity index (χ4n) is 1.66. The Hall–Kier alpha value is -1.78. The predicted octanol–water partition coefficient (Wildman–Crippen LogP) is 4.79. The molecule has 20 heavy (non-hydrogen) atoms. The van der Waals surface area contributed by atoms with Crippen molar-refractivity contribution in [2.45, 2.75) is 13.5 Å². The molecule has 0 aliphatic carbocycles. The molecule has 0 fully saturated rings. The number of hydrogen-bond donors (Lipinski definition) is 0. The molecule has 2 aromatic carbocycles. The quantitative estimate of drug-likeness (QED) is 0.602. The van der Waals surface area contributed by atoms with E-state index in [-0.39, 0.29) is 12.3 Å². The highest BCUT2D eigenvalue weighted by Crippen LogP contribution is 2.28. The van der Waals surface area contributed by atoms with Crippen LogP contribution in [0.5, 0.6) is 5.75 Å². The smallest absolute Gasteiger partial charge is 0.269 e. The lowest BCUT2D eigenvalue weighted by Crippen LogP contribution is -1.98. The lowest BCUT2D eigenvalue weighted by atomic mass is 10.2. The van der Waals surface area contributed by atoms with Gasteiger partial charge in [0, 0.05) is 22.7 Å². The lowest BCUT2D eigenvalue weighted by molar-refractivity contribution is -0.384. The van der Waals surface area contributed by atoms with Crippen LogP contribution in [0.3, 0.4) is 0 Å². The Morgan fingerprint density at radius 2 is 1.90 bits per heavy atom. The van der Waals surface area contributed by atoms with E-state index >= 15 is 0 Å². The molecular weight excluding hydrogens is 301 g/mol. The van der Waals surface area contributed by atoms with Gasteiger partial charge in [-0.1, -0.05) is 29.3 Å². The standard InChI is InChI=1S/C14H11Cl2NO3/c1-9-2-5-14(13(16)6-9)20-8-10-7-11(17(18)19)3-4-12(10)15/h2-7H,8H2,1H3. The van der Waals surface area contributed by atoms with Crippen molar-refractivity contribution in [1.29, 1.82) is 0 Å². The van der Waals surface area contributed by atoms with Crippen LogP contribution in [0, 0.1) is 17.0 Å². The molecule has 0 N–H and O–H groups in total. The maximum atomic E-state index is 10.7. The summed E-state index contributed by atoms with van der Waals surface area (Å²) in [5.74, 6) is 0.514. The highest BCUT2D eigenvalue weighted by molar-refractivity contribution is 6.32. The minimum Gasteiger partial charge on any atom is -0.487 e. The number of halogens is 2. The molecule has 0 aliphatic heterocycles.